The highest BCUT2D eigenvalue weighted by molar-refractivity contribution is 7.30. The molecule has 0 bridgehead atoms. The summed E-state index contributed by atoms with van der Waals surface area (Å²) < 4.78 is 9.93. The second kappa shape index (κ2) is 6.45. The third-order valence-corrected chi connectivity index (χ3v) is 5.79. The van der Waals surface area contributed by atoms with Gasteiger partial charge < -0.3 is 4.85 Å². The molecule has 10 nitrogen and oxygen atoms in total. The number of aromatic nitrogens is 4. The fourth-order valence-corrected chi connectivity index (χ4v) is 4.74. The molecule has 0 spiro atoms. The van der Waals surface area contributed by atoms with Gasteiger partial charge in [-0.25, -0.2) is 10.2 Å². The maximum atomic E-state index is 8.89. The molecule has 0 aliphatic carbocycles. The van der Waals surface area contributed by atoms with Crippen LogP contribution in [-0.2, 0) is 0 Å². The Hall–Kier alpha value is -3.88. The minimum Gasteiger partial charge on any atom is -0.351 e. The normalized spacial score (nSPS) is 11.0. The quantitative estimate of drug-likeness (QED) is 0.281. The summed E-state index contributed by atoms with van der Waals surface area (Å²) in [6.45, 7) is 6.94. The zero-order valence-corrected chi connectivity index (χ0v) is 15.1. The Kier molecular flexibility index (Phi) is 3.96. The first-order chi connectivity index (χ1) is 13.2. The summed E-state index contributed by atoms with van der Waals surface area (Å²) >= 11 is 3.36. The van der Waals surface area contributed by atoms with E-state index in [9.17, 15) is 0 Å². The first-order valence-electron chi connectivity index (χ1n) is 6.79. The van der Waals surface area contributed by atoms with E-state index in [1.807, 2.05) is 0 Å². The molecule has 0 N–H and O–H groups in total. The van der Waals surface area contributed by atoms with Crippen LogP contribution in [0.25, 0.3) is 36.3 Å². The van der Waals surface area contributed by atoms with Crippen LogP contribution in [0, 0.1) is 40.6 Å². The number of hydrogen-bond donors (Lipinski definition) is 0. The van der Waals surface area contributed by atoms with E-state index < -0.39 is 0 Å². The van der Waals surface area contributed by atoms with Crippen LogP contribution in [0.15, 0.2) is 9.98 Å². The molecule has 0 amide bonds. The van der Waals surface area contributed by atoms with Crippen LogP contribution in [0.3, 0.4) is 0 Å². The van der Waals surface area contributed by atoms with E-state index in [4.69, 9.17) is 22.4 Å². The van der Waals surface area contributed by atoms with Gasteiger partial charge in [-0.3, -0.25) is 0 Å². The Bertz CT molecular complexity index is 1330. The highest BCUT2D eigenvalue weighted by Crippen LogP contribution is 2.43. The highest BCUT2D eigenvalue weighted by atomic mass is 32.1. The maximum Gasteiger partial charge on any atom is 0.352 e. The number of fused-ring (bicyclic) bond motifs is 6. The zero-order chi connectivity index (χ0) is 19.0. The summed E-state index contributed by atoms with van der Waals surface area (Å²) in [6, 6.07) is 5.09. The summed E-state index contributed by atoms with van der Waals surface area (Å²) in [5.41, 5.74) is 1.83. The molecule has 0 aliphatic rings. The number of aliphatic imine (C=N–C) groups is 2. The third kappa shape index (κ3) is 2.65. The number of amidine groups is 1. The van der Waals surface area contributed by atoms with Crippen LogP contribution in [0.4, 0.5) is 10.3 Å². The van der Waals surface area contributed by atoms with Gasteiger partial charge in [-0.1, -0.05) is 34.2 Å². The molecule has 4 aromatic rings. The van der Waals surface area contributed by atoms with Crippen LogP contribution < -0.4 is 0 Å². The van der Waals surface area contributed by atoms with E-state index in [0.29, 0.717) is 31.5 Å². The van der Waals surface area contributed by atoms with Gasteiger partial charge in [-0.15, -0.1) is 0 Å². The average molecular weight is 404 g/mol. The van der Waals surface area contributed by atoms with E-state index in [1.165, 1.54) is 22.7 Å². The number of rotatable bonds is 2. The molecule has 0 radical (unpaired) electrons. The molecule has 4 rings (SSSR count). The second-order valence-corrected chi connectivity index (χ2v) is 7.14. The van der Waals surface area contributed by atoms with Gasteiger partial charge in [0, 0.05) is 0 Å². The van der Waals surface area contributed by atoms with Crippen molar-refractivity contribution in [3.63, 3.8) is 0 Å². The molecular formula is C14N10S3. The van der Waals surface area contributed by atoms with E-state index in [1.54, 1.807) is 18.2 Å². The minimum absolute atomic E-state index is 0.238. The van der Waals surface area contributed by atoms with Gasteiger partial charge in [0.05, 0.1) is 21.1 Å². The van der Waals surface area contributed by atoms with Gasteiger partial charge in [0.1, 0.15) is 40.3 Å². The first-order valence-corrected chi connectivity index (χ1v) is 9.15. The number of benzene rings is 1. The summed E-state index contributed by atoms with van der Waals surface area (Å²) in [7, 11) is 0. The second-order valence-electron chi connectivity index (χ2n) is 4.65. The number of nitrogens with zero attached hydrogens (tertiary/aromatic N) is 10. The van der Waals surface area contributed by atoms with Crippen molar-refractivity contribution < 1.29 is 0 Å². The number of nitriles is 3. The first kappa shape index (κ1) is 16.6. The van der Waals surface area contributed by atoms with Crippen molar-refractivity contribution in [3.8, 4) is 18.2 Å². The zero-order valence-electron chi connectivity index (χ0n) is 12.7. The van der Waals surface area contributed by atoms with E-state index in [2.05, 4.69) is 33.5 Å². The van der Waals surface area contributed by atoms with Crippen molar-refractivity contribution >= 4 is 87.7 Å². The number of hydrogen-bond acceptors (Lipinski definition) is 12. The minimum atomic E-state index is -0.319. The standard InChI is InChI=1S/C14N10S3/c1-18-6(4-17)20-14-22-10-8-7(23-27-24-8)9-11(12(10)26-14)25-13(21-9)19-5(2-15)3-16. The van der Waals surface area contributed by atoms with Crippen LogP contribution >= 0.6 is 34.4 Å². The Labute approximate surface area is 161 Å². The molecule has 124 valence electrons. The molecule has 0 atom stereocenters. The molecule has 0 unspecified atom stereocenters. The van der Waals surface area contributed by atoms with Gasteiger partial charge in [0.25, 0.3) is 0 Å². The molecule has 13 heteroatoms. The van der Waals surface area contributed by atoms with Gasteiger partial charge in [-0.2, -0.15) is 29.2 Å². The molecule has 3 heterocycles. The highest BCUT2D eigenvalue weighted by Gasteiger charge is 2.21. The molecule has 1 aromatic carbocycles. The van der Waals surface area contributed by atoms with Crippen LogP contribution in [0.2, 0.25) is 0 Å². The molecule has 0 fully saturated rings. The predicted molar refractivity (Wildman–Crippen MR) is 101 cm³/mol. The van der Waals surface area contributed by atoms with Crippen molar-refractivity contribution in [3.05, 3.63) is 11.4 Å². The lowest BCUT2D eigenvalue weighted by molar-refractivity contribution is 1.40. The van der Waals surface area contributed by atoms with E-state index >= 15 is 0 Å². The summed E-state index contributed by atoms with van der Waals surface area (Å²) in [5.74, 6) is -0.319. The summed E-state index contributed by atoms with van der Waals surface area (Å²) in [5, 5.41) is 27.1. The van der Waals surface area contributed by atoms with Crippen LogP contribution in [0.5, 0.6) is 0 Å². The number of thiazole rings is 2. The SMILES string of the molecule is [C-]#[N+]C(C#N)=Nc1nc2c3nsnc3c3nc(N=C(C#N)C#N)sc3c2s1. The van der Waals surface area contributed by atoms with Crippen molar-refractivity contribution in [1.29, 1.82) is 15.8 Å². The molecule has 0 saturated heterocycles. The van der Waals surface area contributed by atoms with Crippen molar-refractivity contribution in [2.24, 2.45) is 9.98 Å². The lowest BCUT2D eigenvalue weighted by atomic mass is 10.2. The van der Waals surface area contributed by atoms with E-state index in [-0.39, 0.29) is 21.8 Å². The monoisotopic (exact) mass is 404 g/mol. The lowest BCUT2D eigenvalue weighted by Crippen LogP contribution is -1.85. The van der Waals surface area contributed by atoms with Gasteiger partial charge >= 0.3 is 11.0 Å². The Morgan fingerprint density at radius 2 is 1.41 bits per heavy atom. The van der Waals surface area contributed by atoms with Gasteiger partial charge in [-0.05, 0) is 0 Å². The largest absolute Gasteiger partial charge is 0.352 e. The van der Waals surface area contributed by atoms with Crippen LogP contribution in [0.1, 0.15) is 0 Å². The third-order valence-electron chi connectivity index (χ3n) is 3.20. The summed E-state index contributed by atoms with van der Waals surface area (Å²) in [4.78, 5) is 19.7. The molecule has 3 aromatic heterocycles. The van der Waals surface area contributed by atoms with Gasteiger partial charge in [0.15, 0.2) is 0 Å². The lowest BCUT2D eigenvalue weighted by Gasteiger charge is -1.90. The predicted octanol–water partition coefficient (Wildman–Crippen LogP) is 3.50. The van der Waals surface area contributed by atoms with E-state index in [0.717, 1.165) is 11.7 Å². The fourth-order valence-electron chi connectivity index (χ4n) is 2.18. The smallest absolute Gasteiger partial charge is 0.351 e. The molecule has 0 saturated carbocycles. The Morgan fingerprint density at radius 1 is 0.852 bits per heavy atom. The average Bonchev–Trinajstić information content (AvgIpc) is 3.40. The van der Waals surface area contributed by atoms with Crippen LogP contribution in [-0.4, -0.2) is 30.3 Å². The summed E-state index contributed by atoms with van der Waals surface area (Å²) in [6.07, 6.45) is 0. The van der Waals surface area contributed by atoms with Crippen molar-refractivity contribution in [1.82, 2.24) is 18.7 Å². The topological polar surface area (TPSA) is 152 Å². The van der Waals surface area contributed by atoms with Gasteiger partial charge in [0.2, 0.25) is 10.8 Å². The van der Waals surface area contributed by atoms with Crippen molar-refractivity contribution in [2.75, 3.05) is 0 Å². The Balaban J connectivity index is 2.07. The molecular weight excluding hydrogens is 404 g/mol. The Morgan fingerprint density at radius 3 is 1.89 bits per heavy atom. The fraction of sp³-hybridized carbons (Fsp3) is 0. The maximum absolute atomic E-state index is 8.89. The molecule has 27 heavy (non-hydrogen) atoms. The van der Waals surface area contributed by atoms with Crippen molar-refractivity contribution in [2.45, 2.75) is 0 Å². The molecule has 0 aliphatic heterocycles.